The van der Waals surface area contributed by atoms with Crippen LogP contribution in [0.4, 0.5) is 0 Å². The molecule has 2 aliphatic rings. The molecule has 0 aromatic carbocycles. The van der Waals surface area contributed by atoms with Crippen LogP contribution >= 0.6 is 11.8 Å². The topological polar surface area (TPSA) is 43.1 Å². The van der Waals surface area contributed by atoms with Crippen LogP contribution in [-0.2, 0) is 6.42 Å². The Kier molecular flexibility index (Phi) is 8.50. The van der Waals surface area contributed by atoms with Crippen LogP contribution in [0.5, 0.6) is 0 Å². The lowest BCUT2D eigenvalue weighted by Crippen LogP contribution is -2.26. The molecule has 1 aliphatic heterocycles. The number of thioether (sulfide) groups is 1. The fourth-order valence-corrected chi connectivity index (χ4v) is 5.21. The Balaban J connectivity index is 1.29. The molecule has 1 aromatic rings. The van der Waals surface area contributed by atoms with E-state index >= 15 is 0 Å². The van der Waals surface area contributed by atoms with Crippen molar-refractivity contribution >= 4 is 17.5 Å². The van der Waals surface area contributed by atoms with Crippen LogP contribution in [0.2, 0.25) is 0 Å². The van der Waals surface area contributed by atoms with E-state index in [4.69, 9.17) is 5.10 Å². The largest absolute Gasteiger partial charge is 0.212 e. The maximum absolute atomic E-state index is 4.88. The van der Waals surface area contributed by atoms with Gasteiger partial charge >= 0.3 is 0 Å². The van der Waals surface area contributed by atoms with Gasteiger partial charge in [0.05, 0.1) is 11.0 Å². The van der Waals surface area contributed by atoms with Crippen LogP contribution in [0.1, 0.15) is 109 Å². The normalized spacial score (nSPS) is 19.1. The highest BCUT2D eigenvalue weighted by atomic mass is 32.2. The van der Waals surface area contributed by atoms with E-state index < -0.39 is 0 Å². The molecule has 0 amide bonds. The molecule has 5 heteroatoms. The Labute approximate surface area is 163 Å². The van der Waals surface area contributed by atoms with Crippen LogP contribution in [0.25, 0.3) is 0 Å². The summed E-state index contributed by atoms with van der Waals surface area (Å²) in [5, 5.41) is 15.3. The van der Waals surface area contributed by atoms with Crippen molar-refractivity contribution in [2.24, 2.45) is 5.10 Å². The molecule has 0 N–H and O–H groups in total. The van der Waals surface area contributed by atoms with Crippen LogP contribution in [0, 0.1) is 0 Å². The van der Waals surface area contributed by atoms with Crippen LogP contribution in [0.3, 0.4) is 0 Å². The molecule has 1 saturated carbocycles. The van der Waals surface area contributed by atoms with Crippen molar-refractivity contribution in [3.8, 4) is 0 Å². The van der Waals surface area contributed by atoms with Crippen molar-refractivity contribution in [1.29, 1.82) is 0 Å². The lowest BCUT2D eigenvalue weighted by molar-refractivity contribution is 0.544. The molecule has 0 bridgehead atoms. The molecule has 0 radical (unpaired) electrons. The highest BCUT2D eigenvalue weighted by molar-refractivity contribution is 8.00. The predicted molar refractivity (Wildman–Crippen MR) is 111 cm³/mol. The Hall–Kier alpha value is -0.840. The van der Waals surface area contributed by atoms with E-state index in [0.717, 1.165) is 23.8 Å². The predicted octanol–water partition coefficient (Wildman–Crippen LogP) is 6.38. The maximum Gasteiger partial charge on any atom is 0.212 e. The third-order valence-electron chi connectivity index (χ3n) is 5.68. The van der Waals surface area contributed by atoms with Crippen molar-refractivity contribution in [2.45, 2.75) is 120 Å². The number of hydrogen-bond acceptors (Lipinski definition) is 4. The SMILES string of the molecule is CCCCCCCCCCCCCc1nnc2n1N=C1CCCCC1S2. The van der Waals surface area contributed by atoms with Crippen molar-refractivity contribution in [3.05, 3.63) is 5.82 Å². The van der Waals surface area contributed by atoms with Gasteiger partial charge in [0.15, 0.2) is 5.82 Å². The molecule has 1 unspecified atom stereocenters. The monoisotopic (exact) mass is 376 g/mol. The van der Waals surface area contributed by atoms with Crippen molar-refractivity contribution in [3.63, 3.8) is 0 Å². The lowest BCUT2D eigenvalue weighted by atomic mass is 9.98. The smallest absolute Gasteiger partial charge is 0.191 e. The Morgan fingerprint density at radius 2 is 1.58 bits per heavy atom. The summed E-state index contributed by atoms with van der Waals surface area (Å²) in [6.45, 7) is 2.29. The molecule has 0 saturated heterocycles. The summed E-state index contributed by atoms with van der Waals surface area (Å²) in [6, 6.07) is 0. The number of hydrogen-bond donors (Lipinski definition) is 0. The van der Waals surface area contributed by atoms with Crippen LogP contribution in [-0.4, -0.2) is 25.8 Å². The van der Waals surface area contributed by atoms with Gasteiger partial charge in [0, 0.05) is 6.42 Å². The molecule has 1 atom stereocenters. The first-order chi connectivity index (χ1) is 12.9. The first-order valence-electron chi connectivity index (χ1n) is 11.1. The molecule has 26 heavy (non-hydrogen) atoms. The first-order valence-corrected chi connectivity index (χ1v) is 11.9. The minimum Gasteiger partial charge on any atom is -0.191 e. The summed E-state index contributed by atoms with van der Waals surface area (Å²) >= 11 is 1.88. The zero-order chi connectivity index (χ0) is 18.0. The molecule has 2 heterocycles. The second kappa shape index (κ2) is 11.1. The van der Waals surface area contributed by atoms with Crippen LogP contribution < -0.4 is 0 Å². The van der Waals surface area contributed by atoms with Gasteiger partial charge in [-0.05, 0) is 25.7 Å². The van der Waals surface area contributed by atoms with E-state index in [1.54, 1.807) is 0 Å². The molecular weight excluding hydrogens is 340 g/mol. The van der Waals surface area contributed by atoms with Gasteiger partial charge < -0.3 is 0 Å². The summed E-state index contributed by atoms with van der Waals surface area (Å²) in [6.07, 6.45) is 21.3. The summed E-state index contributed by atoms with van der Waals surface area (Å²) in [4.78, 5) is 0. The number of nitrogens with zero attached hydrogens (tertiary/aromatic N) is 4. The second-order valence-corrected chi connectivity index (χ2v) is 9.11. The number of aromatic nitrogens is 3. The fourth-order valence-electron chi connectivity index (χ4n) is 4.03. The zero-order valence-electron chi connectivity index (χ0n) is 16.6. The summed E-state index contributed by atoms with van der Waals surface area (Å²) < 4.78 is 2.04. The molecule has 1 aliphatic carbocycles. The molecule has 3 rings (SSSR count). The second-order valence-electron chi connectivity index (χ2n) is 7.94. The van der Waals surface area contributed by atoms with E-state index in [1.807, 2.05) is 16.4 Å². The molecule has 1 aromatic heterocycles. The van der Waals surface area contributed by atoms with Crippen molar-refractivity contribution < 1.29 is 0 Å². The number of unbranched alkanes of at least 4 members (excludes halogenated alkanes) is 10. The summed E-state index contributed by atoms with van der Waals surface area (Å²) in [5.41, 5.74) is 1.37. The van der Waals surface area contributed by atoms with Crippen molar-refractivity contribution in [1.82, 2.24) is 14.9 Å². The van der Waals surface area contributed by atoms with Gasteiger partial charge in [-0.2, -0.15) is 9.78 Å². The molecule has 0 spiro atoms. The highest BCUT2D eigenvalue weighted by Gasteiger charge is 2.29. The molecule has 4 nitrogen and oxygen atoms in total. The van der Waals surface area contributed by atoms with E-state index in [1.165, 1.54) is 95.6 Å². The Morgan fingerprint density at radius 1 is 0.885 bits per heavy atom. The van der Waals surface area contributed by atoms with Crippen LogP contribution in [0.15, 0.2) is 10.3 Å². The van der Waals surface area contributed by atoms with Gasteiger partial charge in [0.25, 0.3) is 0 Å². The molecular formula is C21H36N4S. The van der Waals surface area contributed by atoms with Gasteiger partial charge in [-0.15, -0.1) is 10.2 Å². The van der Waals surface area contributed by atoms with E-state index in [0.29, 0.717) is 5.25 Å². The van der Waals surface area contributed by atoms with E-state index in [-0.39, 0.29) is 0 Å². The Bertz CT molecular complexity index is 566. The third kappa shape index (κ3) is 5.83. The van der Waals surface area contributed by atoms with Gasteiger partial charge in [0.2, 0.25) is 5.16 Å². The first kappa shape index (κ1) is 19.9. The van der Waals surface area contributed by atoms with Gasteiger partial charge in [-0.25, -0.2) is 0 Å². The van der Waals surface area contributed by atoms with Gasteiger partial charge in [-0.1, -0.05) is 89.3 Å². The number of aryl methyl sites for hydroxylation is 1. The minimum absolute atomic E-state index is 0.565. The summed E-state index contributed by atoms with van der Waals surface area (Å²) in [7, 11) is 0. The maximum atomic E-state index is 4.88. The number of rotatable bonds is 12. The average Bonchev–Trinajstić information content (AvgIpc) is 3.06. The standard InChI is InChI=1S/C21H36N4S/c1-2-3-4-5-6-7-8-9-10-11-12-17-20-22-23-21-25(20)24-18-15-13-14-16-19(18)26-21/h19H,2-17H2,1H3. The lowest BCUT2D eigenvalue weighted by Gasteiger charge is -2.26. The highest BCUT2D eigenvalue weighted by Crippen LogP contribution is 2.35. The molecule has 1 fully saturated rings. The number of fused-ring (bicyclic) bond motifs is 2. The van der Waals surface area contributed by atoms with E-state index in [9.17, 15) is 0 Å². The van der Waals surface area contributed by atoms with Gasteiger partial charge in [0.1, 0.15) is 0 Å². The average molecular weight is 377 g/mol. The van der Waals surface area contributed by atoms with Crippen molar-refractivity contribution in [2.75, 3.05) is 0 Å². The zero-order valence-corrected chi connectivity index (χ0v) is 17.4. The van der Waals surface area contributed by atoms with E-state index in [2.05, 4.69) is 17.1 Å². The quantitative estimate of drug-likeness (QED) is 0.397. The Morgan fingerprint density at radius 3 is 2.31 bits per heavy atom. The van der Waals surface area contributed by atoms with Gasteiger partial charge in [-0.3, -0.25) is 0 Å². The third-order valence-corrected chi connectivity index (χ3v) is 6.94. The fraction of sp³-hybridized carbons (Fsp3) is 0.857. The minimum atomic E-state index is 0.565. The summed E-state index contributed by atoms with van der Waals surface area (Å²) in [5.74, 6) is 1.07. The molecule has 146 valence electrons.